The minimum atomic E-state index is -0.637. The fraction of sp³-hybridized carbons (Fsp3) is 0.273. The first-order chi connectivity index (χ1) is 7.70. The maximum absolute atomic E-state index is 13.4. The summed E-state index contributed by atoms with van der Waals surface area (Å²) in [6.07, 6.45) is -0.111. The average molecular weight is 220 g/mol. The molecule has 4 nitrogen and oxygen atoms in total. The van der Waals surface area contributed by atoms with Gasteiger partial charge in [-0.1, -0.05) is 0 Å². The third-order valence-electron chi connectivity index (χ3n) is 2.33. The number of benzene rings is 1. The van der Waals surface area contributed by atoms with Gasteiger partial charge in [0.25, 0.3) is 5.91 Å². The topological polar surface area (TPSA) is 62.1 Å². The smallest absolute Gasteiger partial charge is 0.261 e. The molecule has 2 rings (SSSR count). The van der Waals surface area contributed by atoms with Gasteiger partial charge in [0, 0.05) is 13.0 Å². The average Bonchev–Trinajstić information content (AvgIpc) is 2.67. The molecule has 16 heavy (non-hydrogen) atoms. The van der Waals surface area contributed by atoms with Crippen LogP contribution in [0.5, 0.6) is 5.75 Å². The normalized spacial score (nSPS) is 19.0. The monoisotopic (exact) mass is 220 g/mol. The highest BCUT2D eigenvalue weighted by molar-refractivity contribution is 5.83. The molecule has 0 radical (unpaired) electrons. The van der Waals surface area contributed by atoms with Crippen LogP contribution in [0.2, 0.25) is 0 Å². The van der Waals surface area contributed by atoms with E-state index in [4.69, 9.17) is 10.00 Å². The van der Waals surface area contributed by atoms with Gasteiger partial charge in [-0.05, 0) is 18.2 Å². The highest BCUT2D eigenvalue weighted by Crippen LogP contribution is 2.21. The van der Waals surface area contributed by atoms with Crippen molar-refractivity contribution in [2.75, 3.05) is 6.54 Å². The second-order valence-electron chi connectivity index (χ2n) is 3.44. The summed E-state index contributed by atoms with van der Waals surface area (Å²) in [4.78, 5) is 11.2. The summed E-state index contributed by atoms with van der Waals surface area (Å²) in [5, 5.41) is 11.2. The summed E-state index contributed by atoms with van der Waals surface area (Å²) < 4.78 is 18.6. The van der Waals surface area contributed by atoms with E-state index in [1.807, 2.05) is 6.07 Å². The van der Waals surface area contributed by atoms with Gasteiger partial charge in [0.1, 0.15) is 0 Å². The van der Waals surface area contributed by atoms with Gasteiger partial charge in [-0.25, -0.2) is 4.39 Å². The van der Waals surface area contributed by atoms with Crippen molar-refractivity contribution in [2.45, 2.75) is 12.5 Å². The lowest BCUT2D eigenvalue weighted by Crippen LogP contribution is -2.27. The van der Waals surface area contributed by atoms with Gasteiger partial charge in [-0.3, -0.25) is 4.79 Å². The first-order valence-electron chi connectivity index (χ1n) is 4.85. The molecule has 0 aromatic heterocycles. The molecule has 1 atom stereocenters. The van der Waals surface area contributed by atoms with Crippen LogP contribution in [-0.2, 0) is 4.79 Å². The lowest BCUT2D eigenvalue weighted by atomic mass is 10.2. The Morgan fingerprint density at radius 3 is 2.94 bits per heavy atom. The molecule has 1 heterocycles. The Morgan fingerprint density at radius 1 is 1.56 bits per heavy atom. The lowest BCUT2D eigenvalue weighted by molar-refractivity contribution is -0.124. The fourth-order valence-corrected chi connectivity index (χ4v) is 1.50. The van der Waals surface area contributed by atoms with Crippen LogP contribution in [0.1, 0.15) is 12.0 Å². The number of rotatable bonds is 2. The minimum Gasteiger partial charge on any atom is -0.477 e. The number of hydrogen-bond acceptors (Lipinski definition) is 3. The van der Waals surface area contributed by atoms with Crippen LogP contribution in [0.4, 0.5) is 4.39 Å². The van der Waals surface area contributed by atoms with Gasteiger partial charge in [-0.2, -0.15) is 5.26 Å². The van der Waals surface area contributed by atoms with Crippen LogP contribution < -0.4 is 10.1 Å². The van der Waals surface area contributed by atoms with Crippen molar-refractivity contribution in [3.63, 3.8) is 0 Å². The Hall–Kier alpha value is -2.09. The minimum absolute atomic E-state index is 0.000972. The number of nitrogens with one attached hydrogen (secondary N) is 1. The van der Waals surface area contributed by atoms with Gasteiger partial charge in [-0.15, -0.1) is 0 Å². The summed E-state index contributed by atoms with van der Waals surface area (Å²) in [7, 11) is 0. The van der Waals surface area contributed by atoms with Crippen molar-refractivity contribution in [1.82, 2.24) is 5.32 Å². The standard InChI is InChI=1S/C11H9FN2O2/c12-8-5-7(6-13)1-2-9(8)16-10-3-4-14-11(10)15/h1-2,5,10H,3-4H2,(H,14,15). The number of hydrogen-bond donors (Lipinski definition) is 1. The number of nitriles is 1. The number of carbonyl (C=O) groups is 1. The van der Waals surface area contributed by atoms with Crippen molar-refractivity contribution in [1.29, 1.82) is 5.26 Å². The number of ether oxygens (including phenoxy) is 1. The molecule has 1 saturated heterocycles. The predicted molar refractivity (Wildman–Crippen MR) is 53.2 cm³/mol. The molecule has 1 fully saturated rings. The molecule has 1 aliphatic rings. The van der Waals surface area contributed by atoms with Crippen LogP contribution in [-0.4, -0.2) is 18.6 Å². The number of nitrogens with zero attached hydrogens (tertiary/aromatic N) is 1. The third kappa shape index (κ3) is 1.96. The molecule has 1 amide bonds. The van der Waals surface area contributed by atoms with E-state index < -0.39 is 11.9 Å². The van der Waals surface area contributed by atoms with Crippen molar-refractivity contribution in [3.05, 3.63) is 29.6 Å². The van der Waals surface area contributed by atoms with E-state index in [0.717, 1.165) is 6.07 Å². The van der Waals surface area contributed by atoms with E-state index in [-0.39, 0.29) is 17.2 Å². The van der Waals surface area contributed by atoms with Crippen molar-refractivity contribution < 1.29 is 13.9 Å². The Balaban J connectivity index is 2.16. The van der Waals surface area contributed by atoms with E-state index in [9.17, 15) is 9.18 Å². The van der Waals surface area contributed by atoms with Gasteiger partial charge >= 0.3 is 0 Å². The molecular formula is C11H9FN2O2. The van der Waals surface area contributed by atoms with Gasteiger partial charge < -0.3 is 10.1 Å². The summed E-state index contributed by atoms with van der Waals surface area (Å²) in [6, 6.07) is 5.72. The summed E-state index contributed by atoms with van der Waals surface area (Å²) >= 11 is 0. The maximum atomic E-state index is 13.4. The van der Waals surface area contributed by atoms with Crippen LogP contribution in [0, 0.1) is 17.1 Å². The van der Waals surface area contributed by atoms with Crippen LogP contribution in [0.3, 0.4) is 0 Å². The predicted octanol–water partition coefficient (Wildman–Crippen LogP) is 0.965. The quantitative estimate of drug-likeness (QED) is 0.807. The maximum Gasteiger partial charge on any atom is 0.261 e. The van der Waals surface area contributed by atoms with Gasteiger partial charge in [0.05, 0.1) is 11.6 Å². The molecule has 0 spiro atoms. The van der Waals surface area contributed by atoms with E-state index in [2.05, 4.69) is 5.32 Å². The molecule has 1 aliphatic heterocycles. The highest BCUT2D eigenvalue weighted by Gasteiger charge is 2.26. The van der Waals surface area contributed by atoms with E-state index in [0.29, 0.717) is 13.0 Å². The highest BCUT2D eigenvalue weighted by atomic mass is 19.1. The number of halogens is 1. The van der Waals surface area contributed by atoms with E-state index in [1.54, 1.807) is 0 Å². The lowest BCUT2D eigenvalue weighted by Gasteiger charge is -2.11. The third-order valence-corrected chi connectivity index (χ3v) is 2.33. The number of amides is 1. The largest absolute Gasteiger partial charge is 0.477 e. The molecule has 0 saturated carbocycles. The SMILES string of the molecule is N#Cc1ccc(OC2CCNC2=O)c(F)c1. The number of carbonyl (C=O) groups excluding carboxylic acids is 1. The summed E-state index contributed by atoms with van der Waals surface area (Å²) in [6.45, 7) is 0.543. The molecule has 5 heteroatoms. The second-order valence-corrected chi connectivity index (χ2v) is 3.44. The first-order valence-corrected chi connectivity index (χ1v) is 4.85. The molecular weight excluding hydrogens is 211 g/mol. The van der Waals surface area contributed by atoms with Crippen LogP contribution in [0.25, 0.3) is 0 Å². The van der Waals surface area contributed by atoms with Crippen molar-refractivity contribution in [2.24, 2.45) is 0 Å². The molecule has 0 bridgehead atoms. The second kappa shape index (κ2) is 4.19. The Morgan fingerprint density at radius 2 is 2.38 bits per heavy atom. The molecule has 82 valence electrons. The zero-order valence-electron chi connectivity index (χ0n) is 8.37. The summed E-state index contributed by atoms with van der Waals surface area (Å²) in [5.41, 5.74) is 0.223. The molecule has 1 N–H and O–H groups in total. The first kappa shape index (κ1) is 10.4. The van der Waals surface area contributed by atoms with Crippen molar-refractivity contribution >= 4 is 5.91 Å². The molecule has 1 aromatic rings. The Bertz CT molecular complexity index is 468. The zero-order valence-corrected chi connectivity index (χ0v) is 8.37. The Labute approximate surface area is 91.6 Å². The molecule has 1 aromatic carbocycles. The van der Waals surface area contributed by atoms with E-state index in [1.165, 1.54) is 12.1 Å². The van der Waals surface area contributed by atoms with Crippen molar-refractivity contribution in [3.8, 4) is 11.8 Å². The summed E-state index contributed by atoms with van der Waals surface area (Å²) in [5.74, 6) is -0.858. The zero-order chi connectivity index (χ0) is 11.5. The Kier molecular flexibility index (Phi) is 2.73. The molecule has 1 unspecified atom stereocenters. The van der Waals surface area contributed by atoms with Gasteiger partial charge in [0.2, 0.25) is 0 Å². The molecule has 0 aliphatic carbocycles. The van der Waals surface area contributed by atoms with Gasteiger partial charge in [0.15, 0.2) is 17.7 Å². The fourth-order valence-electron chi connectivity index (χ4n) is 1.50. The van der Waals surface area contributed by atoms with Crippen LogP contribution in [0.15, 0.2) is 18.2 Å². The van der Waals surface area contributed by atoms with E-state index >= 15 is 0 Å². The van der Waals surface area contributed by atoms with Crippen LogP contribution >= 0.6 is 0 Å².